The summed E-state index contributed by atoms with van der Waals surface area (Å²) in [6.07, 6.45) is 3.75. The van der Waals surface area contributed by atoms with Crippen molar-refractivity contribution in [3.05, 3.63) is 34.9 Å². The smallest absolute Gasteiger partial charge is 0.311 e. The number of ether oxygens (including phenoxy) is 1. The van der Waals surface area contributed by atoms with Gasteiger partial charge in [-0.1, -0.05) is 0 Å². The quantitative estimate of drug-likeness (QED) is 0.698. The number of fused-ring (bicyclic) bond motifs is 5. The Bertz CT molecular complexity index is 827. The number of aryl methyl sites for hydroxylation is 2. The third-order valence-corrected chi connectivity index (χ3v) is 4.62. The number of thiazole rings is 1. The molecule has 0 bridgehead atoms. The van der Waals surface area contributed by atoms with Crippen molar-refractivity contribution in [1.29, 1.82) is 0 Å². The van der Waals surface area contributed by atoms with Gasteiger partial charge < -0.3 is 9.15 Å². The maximum atomic E-state index is 11.7. The van der Waals surface area contributed by atoms with E-state index in [1.165, 1.54) is 5.69 Å². The molecular weight excluding hydrogens is 288 g/mol. The van der Waals surface area contributed by atoms with Gasteiger partial charge in [-0.3, -0.25) is 9.20 Å². The Balaban J connectivity index is 1.81. The molecule has 0 aliphatic heterocycles. The Morgan fingerprint density at radius 2 is 2.43 bits per heavy atom. The molecule has 0 fully saturated rings. The molecule has 108 valence electrons. The van der Waals surface area contributed by atoms with Crippen molar-refractivity contribution < 1.29 is 13.9 Å². The molecule has 5 nitrogen and oxygen atoms in total. The van der Waals surface area contributed by atoms with Gasteiger partial charge in [0.05, 0.1) is 30.7 Å². The van der Waals surface area contributed by atoms with E-state index >= 15 is 0 Å². The Hall–Kier alpha value is -2.08. The van der Waals surface area contributed by atoms with Crippen LogP contribution < -0.4 is 0 Å². The van der Waals surface area contributed by atoms with Gasteiger partial charge in [0.25, 0.3) is 0 Å². The van der Waals surface area contributed by atoms with Crippen LogP contribution in [-0.4, -0.2) is 22.0 Å². The molecule has 0 spiro atoms. The summed E-state index contributed by atoms with van der Waals surface area (Å²) in [5.74, 6) is 0.805. The molecule has 0 atom stereocenters. The van der Waals surface area contributed by atoms with Gasteiger partial charge in [-0.15, -0.1) is 11.3 Å². The molecule has 0 amide bonds. The fourth-order valence-corrected chi connectivity index (χ4v) is 3.79. The molecule has 3 heterocycles. The van der Waals surface area contributed by atoms with Crippen LogP contribution in [0.4, 0.5) is 0 Å². The van der Waals surface area contributed by atoms with Crippen molar-refractivity contribution in [3.63, 3.8) is 0 Å². The SMILES string of the molecule is CCOC(=O)Cc1csc2nc3c(n12)CCc1occc1-3. The Kier molecular flexibility index (Phi) is 2.85. The molecule has 1 aliphatic rings. The summed E-state index contributed by atoms with van der Waals surface area (Å²) in [5, 5.41) is 1.99. The maximum Gasteiger partial charge on any atom is 0.311 e. The van der Waals surface area contributed by atoms with Crippen LogP contribution in [0.1, 0.15) is 24.1 Å². The van der Waals surface area contributed by atoms with E-state index in [0.717, 1.165) is 40.5 Å². The number of carbonyl (C=O) groups is 1. The first-order chi connectivity index (χ1) is 10.3. The van der Waals surface area contributed by atoms with Crippen molar-refractivity contribution in [3.8, 4) is 11.3 Å². The lowest BCUT2D eigenvalue weighted by molar-refractivity contribution is -0.142. The zero-order chi connectivity index (χ0) is 14.4. The Morgan fingerprint density at radius 3 is 3.29 bits per heavy atom. The van der Waals surface area contributed by atoms with Gasteiger partial charge in [-0.05, 0) is 19.4 Å². The van der Waals surface area contributed by atoms with Crippen molar-refractivity contribution in [2.45, 2.75) is 26.2 Å². The molecule has 6 heteroatoms. The predicted octanol–water partition coefficient (Wildman–Crippen LogP) is 2.86. The van der Waals surface area contributed by atoms with Crippen LogP contribution in [0.3, 0.4) is 0 Å². The minimum Gasteiger partial charge on any atom is -0.469 e. The lowest BCUT2D eigenvalue weighted by Crippen LogP contribution is -2.11. The normalized spacial score (nSPS) is 13.2. The molecule has 0 unspecified atom stereocenters. The van der Waals surface area contributed by atoms with E-state index in [1.807, 2.05) is 18.4 Å². The molecule has 3 aromatic heterocycles. The van der Waals surface area contributed by atoms with E-state index in [4.69, 9.17) is 14.1 Å². The minimum atomic E-state index is -0.195. The highest BCUT2D eigenvalue weighted by molar-refractivity contribution is 7.15. The fourth-order valence-electron chi connectivity index (χ4n) is 2.88. The van der Waals surface area contributed by atoms with E-state index in [1.54, 1.807) is 17.6 Å². The van der Waals surface area contributed by atoms with Gasteiger partial charge in [-0.2, -0.15) is 0 Å². The van der Waals surface area contributed by atoms with Crippen LogP contribution in [0.2, 0.25) is 0 Å². The standard InChI is InChI=1S/C15H14N2O3S/c1-2-19-13(18)7-9-8-21-15-16-14-10-5-6-20-12(10)4-3-11(14)17(9)15/h5-6,8H,2-4,7H2,1H3. The molecule has 0 saturated heterocycles. The molecule has 0 N–H and O–H groups in total. The molecule has 3 aromatic rings. The number of furan rings is 1. The highest BCUT2D eigenvalue weighted by Crippen LogP contribution is 2.36. The maximum absolute atomic E-state index is 11.7. The summed E-state index contributed by atoms with van der Waals surface area (Å²) >= 11 is 1.56. The summed E-state index contributed by atoms with van der Waals surface area (Å²) in [5.41, 5.74) is 4.18. The van der Waals surface area contributed by atoms with Gasteiger partial charge in [-0.25, -0.2) is 4.98 Å². The van der Waals surface area contributed by atoms with E-state index in [-0.39, 0.29) is 12.4 Å². The zero-order valence-corrected chi connectivity index (χ0v) is 12.4. The van der Waals surface area contributed by atoms with Crippen LogP contribution in [0, 0.1) is 0 Å². The van der Waals surface area contributed by atoms with Crippen molar-refractivity contribution in [1.82, 2.24) is 9.38 Å². The average Bonchev–Trinajstić information content (AvgIpc) is 3.13. The first-order valence-electron chi connectivity index (χ1n) is 6.98. The molecule has 0 saturated carbocycles. The van der Waals surface area contributed by atoms with E-state index in [0.29, 0.717) is 6.61 Å². The average molecular weight is 302 g/mol. The van der Waals surface area contributed by atoms with Crippen LogP contribution in [0.15, 0.2) is 22.1 Å². The summed E-state index contributed by atoms with van der Waals surface area (Å²) in [6.45, 7) is 2.23. The largest absolute Gasteiger partial charge is 0.469 e. The summed E-state index contributed by atoms with van der Waals surface area (Å²) < 4.78 is 12.6. The molecule has 4 rings (SSSR count). The minimum absolute atomic E-state index is 0.195. The summed E-state index contributed by atoms with van der Waals surface area (Å²) in [7, 11) is 0. The lowest BCUT2D eigenvalue weighted by Gasteiger charge is -2.11. The first kappa shape index (κ1) is 12.6. The third-order valence-electron chi connectivity index (χ3n) is 3.75. The van der Waals surface area contributed by atoms with Crippen molar-refractivity contribution in [2.24, 2.45) is 0 Å². The molecule has 1 aliphatic carbocycles. The highest BCUT2D eigenvalue weighted by Gasteiger charge is 2.26. The summed E-state index contributed by atoms with van der Waals surface area (Å²) in [4.78, 5) is 17.4. The molecule has 0 radical (unpaired) electrons. The van der Waals surface area contributed by atoms with Gasteiger partial charge in [0, 0.05) is 23.1 Å². The van der Waals surface area contributed by atoms with Crippen molar-refractivity contribution >= 4 is 22.3 Å². The van der Waals surface area contributed by atoms with Crippen LogP contribution in [-0.2, 0) is 28.8 Å². The number of aromatic nitrogens is 2. The number of nitrogens with zero attached hydrogens (tertiary/aromatic N) is 2. The highest BCUT2D eigenvalue weighted by atomic mass is 32.1. The van der Waals surface area contributed by atoms with Gasteiger partial charge in [0.2, 0.25) is 0 Å². The number of carbonyl (C=O) groups excluding carboxylic acids is 1. The fraction of sp³-hybridized carbons (Fsp3) is 0.333. The van der Waals surface area contributed by atoms with Crippen molar-refractivity contribution in [2.75, 3.05) is 6.61 Å². The van der Waals surface area contributed by atoms with Gasteiger partial charge >= 0.3 is 5.97 Å². The lowest BCUT2D eigenvalue weighted by atomic mass is 9.99. The Labute approximate surface area is 125 Å². The second kappa shape index (κ2) is 4.73. The van der Waals surface area contributed by atoms with E-state index < -0.39 is 0 Å². The second-order valence-electron chi connectivity index (χ2n) is 4.99. The van der Waals surface area contributed by atoms with E-state index in [2.05, 4.69) is 4.40 Å². The third kappa shape index (κ3) is 1.90. The predicted molar refractivity (Wildman–Crippen MR) is 78.5 cm³/mol. The monoisotopic (exact) mass is 302 g/mol. The molecule has 0 aromatic carbocycles. The van der Waals surface area contributed by atoms with E-state index in [9.17, 15) is 4.79 Å². The number of rotatable bonds is 3. The molecular formula is C15H14N2O3S. The topological polar surface area (TPSA) is 56.7 Å². The second-order valence-corrected chi connectivity index (χ2v) is 5.83. The number of esters is 1. The number of hydrogen-bond acceptors (Lipinski definition) is 5. The van der Waals surface area contributed by atoms with Crippen LogP contribution in [0.25, 0.3) is 16.2 Å². The Morgan fingerprint density at radius 1 is 1.52 bits per heavy atom. The first-order valence-corrected chi connectivity index (χ1v) is 7.86. The zero-order valence-electron chi connectivity index (χ0n) is 11.6. The van der Waals surface area contributed by atoms with Gasteiger partial charge in [0.15, 0.2) is 4.96 Å². The van der Waals surface area contributed by atoms with Gasteiger partial charge in [0.1, 0.15) is 5.76 Å². The number of imidazole rings is 1. The molecule has 21 heavy (non-hydrogen) atoms. The number of hydrogen-bond donors (Lipinski definition) is 0. The van der Waals surface area contributed by atoms with Crippen LogP contribution >= 0.6 is 11.3 Å². The summed E-state index contributed by atoms with van der Waals surface area (Å²) in [6, 6.07) is 1.97. The van der Waals surface area contributed by atoms with Crippen LogP contribution in [0.5, 0.6) is 0 Å².